The number of amides is 3. The van der Waals surface area contributed by atoms with Crippen LogP contribution in [0.1, 0.15) is 30.7 Å². The molecular weight excluding hydrogens is 479 g/mol. The normalized spacial score (nSPS) is 21.8. The van der Waals surface area contributed by atoms with Crippen molar-refractivity contribution in [3.8, 4) is 11.1 Å². The maximum absolute atomic E-state index is 14.6. The maximum atomic E-state index is 14.6. The Morgan fingerprint density at radius 1 is 0.944 bits per heavy atom. The summed E-state index contributed by atoms with van der Waals surface area (Å²) in [5, 5.41) is 5.26. The largest absolute Gasteiger partial charge is 0.334 e. The molecule has 2 fully saturated rings. The molecule has 0 spiro atoms. The number of carbonyl (C=O) groups excluding carboxylic acids is 2. The standard InChI is InChI=1S/C28H22ClFN4O2/c29-22-7-3-6-20(19-10-11-31-14-23(19)30)26(22)16-8-9-21-24(12-16)33-28(36)34(27(21)35)25-15-32-13-17-4-1-2-5-18(17)25/h1-7,10-11,13-16,21,24H,8-9,12H2,(H,33,36). The molecule has 8 heteroatoms. The van der Waals surface area contributed by atoms with E-state index in [0.29, 0.717) is 41.1 Å². The van der Waals surface area contributed by atoms with Crippen molar-refractivity contribution in [3.05, 3.63) is 89.7 Å². The van der Waals surface area contributed by atoms with Crippen LogP contribution in [0.2, 0.25) is 5.02 Å². The fourth-order valence-electron chi connectivity index (χ4n) is 5.66. The first kappa shape index (κ1) is 22.6. The lowest BCUT2D eigenvalue weighted by atomic mass is 9.72. The number of benzene rings is 2. The number of halogens is 2. The van der Waals surface area contributed by atoms with E-state index in [0.717, 1.165) is 16.3 Å². The molecule has 0 radical (unpaired) electrons. The number of aromatic nitrogens is 2. The van der Waals surface area contributed by atoms with E-state index in [9.17, 15) is 14.0 Å². The second-order valence-corrected chi connectivity index (χ2v) is 9.69. The Labute approximate surface area is 212 Å². The molecule has 4 aromatic rings. The number of hydrogen-bond acceptors (Lipinski definition) is 4. The Kier molecular flexibility index (Phi) is 5.64. The summed E-state index contributed by atoms with van der Waals surface area (Å²) in [5.74, 6) is -1.04. The number of nitrogens with one attached hydrogen (secondary N) is 1. The maximum Gasteiger partial charge on any atom is 0.329 e. The molecule has 2 aliphatic rings. The number of nitrogens with zero attached hydrogens (tertiary/aromatic N) is 3. The molecule has 1 saturated carbocycles. The van der Waals surface area contributed by atoms with Crippen molar-refractivity contribution in [2.45, 2.75) is 31.2 Å². The van der Waals surface area contributed by atoms with Gasteiger partial charge in [0.2, 0.25) is 5.91 Å². The van der Waals surface area contributed by atoms with E-state index in [2.05, 4.69) is 15.3 Å². The Morgan fingerprint density at radius 2 is 1.81 bits per heavy atom. The van der Waals surface area contributed by atoms with Gasteiger partial charge in [0.25, 0.3) is 0 Å². The minimum Gasteiger partial charge on any atom is -0.334 e. The number of pyridine rings is 2. The molecule has 2 aromatic carbocycles. The topological polar surface area (TPSA) is 75.2 Å². The van der Waals surface area contributed by atoms with E-state index in [-0.39, 0.29) is 23.8 Å². The third-order valence-electron chi connectivity index (χ3n) is 7.31. The average molecular weight is 501 g/mol. The Morgan fingerprint density at radius 3 is 2.67 bits per heavy atom. The van der Waals surface area contributed by atoms with Crippen molar-refractivity contribution < 1.29 is 14.0 Å². The van der Waals surface area contributed by atoms with E-state index in [1.54, 1.807) is 36.8 Å². The molecule has 3 atom stereocenters. The van der Waals surface area contributed by atoms with Gasteiger partial charge in [-0.3, -0.25) is 14.8 Å². The second kappa shape index (κ2) is 8.99. The van der Waals surface area contributed by atoms with E-state index in [4.69, 9.17) is 11.6 Å². The van der Waals surface area contributed by atoms with Gasteiger partial charge >= 0.3 is 6.03 Å². The summed E-state index contributed by atoms with van der Waals surface area (Å²) in [7, 11) is 0. The van der Waals surface area contributed by atoms with Crippen LogP contribution in [0, 0.1) is 11.7 Å². The first-order valence-corrected chi connectivity index (χ1v) is 12.3. The molecule has 1 aliphatic carbocycles. The molecule has 1 N–H and O–H groups in total. The Hall–Kier alpha value is -3.84. The number of carbonyl (C=O) groups is 2. The molecule has 3 amide bonds. The molecule has 180 valence electrons. The van der Waals surface area contributed by atoms with Crippen LogP contribution in [-0.2, 0) is 4.79 Å². The Bertz CT molecular complexity index is 1500. The highest BCUT2D eigenvalue weighted by molar-refractivity contribution is 6.32. The summed E-state index contributed by atoms with van der Waals surface area (Å²) >= 11 is 6.65. The second-order valence-electron chi connectivity index (χ2n) is 9.28. The summed E-state index contributed by atoms with van der Waals surface area (Å²) in [4.78, 5) is 36.2. The van der Waals surface area contributed by atoms with E-state index in [1.807, 2.05) is 30.3 Å². The molecular formula is C28H22ClFN4O2. The van der Waals surface area contributed by atoms with Crippen molar-refractivity contribution in [3.63, 3.8) is 0 Å². The summed E-state index contributed by atoms with van der Waals surface area (Å²) in [6.07, 6.45) is 7.81. The van der Waals surface area contributed by atoms with Gasteiger partial charge in [-0.25, -0.2) is 14.1 Å². The monoisotopic (exact) mass is 500 g/mol. The van der Waals surface area contributed by atoms with Gasteiger partial charge in [0.15, 0.2) is 0 Å². The van der Waals surface area contributed by atoms with Gasteiger partial charge in [0.1, 0.15) is 5.82 Å². The van der Waals surface area contributed by atoms with Crippen molar-refractivity contribution in [2.75, 3.05) is 4.90 Å². The number of rotatable bonds is 3. The fourth-order valence-corrected chi connectivity index (χ4v) is 5.99. The first-order chi connectivity index (χ1) is 17.5. The average Bonchev–Trinajstić information content (AvgIpc) is 2.89. The van der Waals surface area contributed by atoms with Crippen LogP contribution in [0.3, 0.4) is 0 Å². The third-order valence-corrected chi connectivity index (χ3v) is 7.64. The molecule has 0 bridgehead atoms. The lowest BCUT2D eigenvalue weighted by molar-refractivity contribution is -0.124. The predicted octanol–water partition coefficient (Wildman–Crippen LogP) is 6.10. The molecule has 1 aliphatic heterocycles. The van der Waals surface area contributed by atoms with Gasteiger partial charge in [0.05, 0.1) is 24.0 Å². The first-order valence-electron chi connectivity index (χ1n) is 11.9. The van der Waals surface area contributed by atoms with E-state index in [1.165, 1.54) is 11.1 Å². The highest BCUT2D eigenvalue weighted by Crippen LogP contribution is 2.45. The summed E-state index contributed by atoms with van der Waals surface area (Å²) in [6.45, 7) is 0. The summed E-state index contributed by atoms with van der Waals surface area (Å²) in [6, 6.07) is 13.8. The highest BCUT2D eigenvalue weighted by Gasteiger charge is 2.46. The van der Waals surface area contributed by atoms with Crippen LogP contribution in [0.5, 0.6) is 0 Å². The smallest absolute Gasteiger partial charge is 0.329 e. The zero-order valence-corrected chi connectivity index (χ0v) is 20.0. The SMILES string of the molecule is O=C1NC2CC(c3c(Cl)cccc3-c3ccncc3F)CCC2C(=O)N1c1cncc2ccccc12. The fraction of sp³-hybridized carbons (Fsp3) is 0.214. The lowest BCUT2D eigenvalue weighted by Gasteiger charge is -2.43. The minimum absolute atomic E-state index is 0.0404. The molecule has 3 unspecified atom stereocenters. The van der Waals surface area contributed by atoms with Crippen LogP contribution in [0.4, 0.5) is 14.9 Å². The lowest BCUT2D eigenvalue weighted by Crippen LogP contribution is -2.61. The molecule has 1 saturated heterocycles. The molecule has 2 aromatic heterocycles. The number of anilines is 1. The quantitative estimate of drug-likeness (QED) is 0.369. The Balaban J connectivity index is 1.32. The van der Waals surface area contributed by atoms with Crippen LogP contribution in [0.15, 0.2) is 73.3 Å². The minimum atomic E-state index is -0.459. The zero-order chi connectivity index (χ0) is 24.8. The zero-order valence-electron chi connectivity index (χ0n) is 19.2. The number of imide groups is 1. The van der Waals surface area contributed by atoms with Crippen molar-refractivity contribution >= 4 is 40.0 Å². The number of fused-ring (bicyclic) bond motifs is 2. The summed E-state index contributed by atoms with van der Waals surface area (Å²) < 4.78 is 14.6. The third kappa shape index (κ3) is 3.71. The number of urea groups is 1. The van der Waals surface area contributed by atoms with Gasteiger partial charge < -0.3 is 5.32 Å². The van der Waals surface area contributed by atoms with Crippen LogP contribution < -0.4 is 10.2 Å². The van der Waals surface area contributed by atoms with Gasteiger partial charge in [-0.1, -0.05) is 48.0 Å². The molecule has 6 nitrogen and oxygen atoms in total. The van der Waals surface area contributed by atoms with Crippen molar-refractivity contribution in [2.24, 2.45) is 5.92 Å². The van der Waals surface area contributed by atoms with Gasteiger partial charge in [0, 0.05) is 39.8 Å². The van der Waals surface area contributed by atoms with Gasteiger partial charge in [-0.2, -0.15) is 0 Å². The number of hydrogen-bond donors (Lipinski definition) is 1. The summed E-state index contributed by atoms with van der Waals surface area (Å²) in [5.41, 5.74) is 2.47. The van der Waals surface area contributed by atoms with Crippen LogP contribution in [-0.4, -0.2) is 27.9 Å². The molecule has 6 rings (SSSR count). The van der Waals surface area contributed by atoms with E-state index < -0.39 is 11.8 Å². The van der Waals surface area contributed by atoms with Crippen LogP contribution in [0.25, 0.3) is 21.9 Å². The highest BCUT2D eigenvalue weighted by atomic mass is 35.5. The van der Waals surface area contributed by atoms with Crippen molar-refractivity contribution in [1.82, 2.24) is 15.3 Å². The van der Waals surface area contributed by atoms with Gasteiger partial charge in [-0.05, 0) is 48.4 Å². The molecule has 36 heavy (non-hydrogen) atoms. The predicted molar refractivity (Wildman–Crippen MR) is 136 cm³/mol. The van der Waals surface area contributed by atoms with E-state index >= 15 is 0 Å². The van der Waals surface area contributed by atoms with Gasteiger partial charge in [-0.15, -0.1) is 0 Å². The molecule has 3 heterocycles. The van der Waals surface area contributed by atoms with Crippen molar-refractivity contribution in [1.29, 1.82) is 0 Å². The van der Waals surface area contributed by atoms with Crippen LogP contribution >= 0.6 is 11.6 Å².